The van der Waals surface area contributed by atoms with Crippen LogP contribution in [0.25, 0.3) is 0 Å². The molecule has 2 aromatic rings. The van der Waals surface area contributed by atoms with Crippen LogP contribution >= 0.6 is 11.6 Å². The molecule has 0 fully saturated rings. The largest absolute Gasteiger partial charge is 0.495 e. The highest BCUT2D eigenvalue weighted by Crippen LogP contribution is 2.31. The minimum Gasteiger partial charge on any atom is -0.495 e. The lowest BCUT2D eigenvalue weighted by atomic mass is 10.2. The van der Waals surface area contributed by atoms with Gasteiger partial charge in [-0.05, 0) is 30.7 Å². The normalized spacial score (nSPS) is 10.2. The number of hydrogen-bond acceptors (Lipinski definition) is 2. The molecule has 4 nitrogen and oxygen atoms in total. The third-order valence-electron chi connectivity index (χ3n) is 2.91. The van der Waals surface area contributed by atoms with Gasteiger partial charge in [0.25, 0.3) is 0 Å². The van der Waals surface area contributed by atoms with Gasteiger partial charge in [0.2, 0.25) is 0 Å². The van der Waals surface area contributed by atoms with Gasteiger partial charge in [-0.1, -0.05) is 11.6 Å². The van der Waals surface area contributed by atoms with Gasteiger partial charge >= 0.3 is 6.03 Å². The first-order valence-electron chi connectivity index (χ1n) is 6.28. The van der Waals surface area contributed by atoms with Gasteiger partial charge in [-0.3, -0.25) is 0 Å². The third-order valence-corrected chi connectivity index (χ3v) is 3.31. The van der Waals surface area contributed by atoms with E-state index in [1.165, 1.54) is 13.2 Å². The number of hydrogen-bond donors (Lipinski definition) is 2. The standard InChI is InChI=1S/C15H13ClF2N2O2/c1-8-5-13(14(22-2)7-10(8)16)20-15(21)19-9-3-4-11(17)12(18)6-9/h3-7H,1-2H3,(H2,19,20,21). The smallest absolute Gasteiger partial charge is 0.323 e. The Kier molecular flexibility index (Phi) is 4.82. The van der Waals surface area contributed by atoms with E-state index < -0.39 is 17.7 Å². The van der Waals surface area contributed by atoms with Crippen molar-refractivity contribution in [3.8, 4) is 5.75 Å². The number of carbonyl (C=O) groups excluding carboxylic acids is 1. The van der Waals surface area contributed by atoms with Crippen LogP contribution in [-0.2, 0) is 0 Å². The van der Waals surface area contributed by atoms with Crippen LogP contribution in [0.15, 0.2) is 30.3 Å². The molecule has 0 spiro atoms. The zero-order valence-corrected chi connectivity index (χ0v) is 12.6. The Labute approximate surface area is 131 Å². The Morgan fingerprint density at radius 2 is 1.86 bits per heavy atom. The molecule has 0 saturated heterocycles. The van der Waals surface area contributed by atoms with Crippen molar-refractivity contribution in [1.29, 1.82) is 0 Å². The Morgan fingerprint density at radius 1 is 1.14 bits per heavy atom. The van der Waals surface area contributed by atoms with E-state index in [1.54, 1.807) is 19.1 Å². The molecule has 2 amide bonds. The summed E-state index contributed by atoms with van der Waals surface area (Å²) in [5, 5.41) is 5.46. The monoisotopic (exact) mass is 326 g/mol. The second-order valence-corrected chi connectivity index (χ2v) is 4.92. The minimum atomic E-state index is -1.04. The average molecular weight is 327 g/mol. The molecule has 0 radical (unpaired) electrons. The molecular weight excluding hydrogens is 314 g/mol. The lowest BCUT2D eigenvalue weighted by Gasteiger charge is -2.13. The number of nitrogens with one attached hydrogen (secondary N) is 2. The quantitative estimate of drug-likeness (QED) is 0.867. The summed E-state index contributed by atoms with van der Waals surface area (Å²) in [4.78, 5) is 11.9. The number of carbonyl (C=O) groups is 1. The van der Waals surface area contributed by atoms with E-state index in [-0.39, 0.29) is 5.69 Å². The van der Waals surface area contributed by atoms with Crippen LogP contribution in [0.4, 0.5) is 25.0 Å². The zero-order chi connectivity index (χ0) is 16.3. The number of urea groups is 1. The molecule has 0 aromatic heterocycles. The highest BCUT2D eigenvalue weighted by Gasteiger charge is 2.11. The number of rotatable bonds is 3. The van der Waals surface area contributed by atoms with E-state index in [0.29, 0.717) is 16.5 Å². The Bertz CT molecular complexity index is 723. The molecule has 0 atom stereocenters. The maximum Gasteiger partial charge on any atom is 0.323 e. The van der Waals surface area contributed by atoms with Crippen LogP contribution in [0.1, 0.15) is 5.56 Å². The maximum absolute atomic E-state index is 13.1. The van der Waals surface area contributed by atoms with Gasteiger partial charge in [0.05, 0.1) is 12.8 Å². The fourth-order valence-corrected chi connectivity index (χ4v) is 1.94. The summed E-state index contributed by atoms with van der Waals surface area (Å²) in [5.74, 6) is -1.64. The molecule has 0 unspecified atom stereocenters. The van der Waals surface area contributed by atoms with Gasteiger partial charge in [-0.2, -0.15) is 0 Å². The molecule has 0 aliphatic rings. The van der Waals surface area contributed by atoms with Gasteiger partial charge in [0.1, 0.15) is 5.75 Å². The number of ether oxygens (including phenoxy) is 1. The molecule has 0 bridgehead atoms. The van der Waals surface area contributed by atoms with Gasteiger partial charge in [0.15, 0.2) is 11.6 Å². The molecule has 0 aliphatic carbocycles. The molecule has 116 valence electrons. The SMILES string of the molecule is COc1cc(Cl)c(C)cc1NC(=O)Nc1ccc(F)c(F)c1. The molecule has 0 heterocycles. The second kappa shape index (κ2) is 6.62. The summed E-state index contributed by atoms with van der Waals surface area (Å²) >= 11 is 5.98. The molecular formula is C15H13ClF2N2O2. The van der Waals surface area contributed by atoms with Crippen LogP contribution in [0.3, 0.4) is 0 Å². The maximum atomic E-state index is 13.1. The number of anilines is 2. The van der Waals surface area contributed by atoms with Crippen LogP contribution < -0.4 is 15.4 Å². The third kappa shape index (κ3) is 3.65. The summed E-state index contributed by atoms with van der Waals surface area (Å²) < 4.78 is 31.1. The van der Waals surface area contributed by atoms with E-state index in [4.69, 9.17) is 16.3 Å². The van der Waals surface area contributed by atoms with E-state index in [1.807, 2.05) is 0 Å². The van der Waals surface area contributed by atoms with E-state index in [0.717, 1.165) is 17.7 Å². The molecule has 2 rings (SSSR count). The minimum absolute atomic E-state index is 0.126. The van der Waals surface area contributed by atoms with Crippen molar-refractivity contribution in [3.63, 3.8) is 0 Å². The lowest BCUT2D eigenvalue weighted by molar-refractivity contribution is 0.262. The van der Waals surface area contributed by atoms with Crippen LogP contribution in [0.5, 0.6) is 5.75 Å². The number of amides is 2. The Morgan fingerprint density at radius 3 is 2.50 bits per heavy atom. The van der Waals surface area contributed by atoms with Crippen molar-refractivity contribution in [2.45, 2.75) is 6.92 Å². The Balaban J connectivity index is 2.15. The van der Waals surface area contributed by atoms with Gasteiger partial charge in [-0.15, -0.1) is 0 Å². The first kappa shape index (κ1) is 16.0. The van der Waals surface area contributed by atoms with E-state index in [9.17, 15) is 13.6 Å². The van der Waals surface area contributed by atoms with Crippen LogP contribution in [0, 0.1) is 18.6 Å². The van der Waals surface area contributed by atoms with Crippen molar-refractivity contribution >= 4 is 29.0 Å². The van der Waals surface area contributed by atoms with Crippen LogP contribution in [0.2, 0.25) is 5.02 Å². The average Bonchev–Trinajstić information content (AvgIpc) is 2.46. The summed E-state index contributed by atoms with van der Waals surface area (Å²) in [7, 11) is 1.44. The molecule has 0 saturated carbocycles. The first-order valence-corrected chi connectivity index (χ1v) is 6.65. The van der Waals surface area contributed by atoms with Crippen LogP contribution in [-0.4, -0.2) is 13.1 Å². The second-order valence-electron chi connectivity index (χ2n) is 4.51. The van der Waals surface area contributed by atoms with Gasteiger partial charge in [-0.25, -0.2) is 13.6 Å². The number of benzene rings is 2. The van der Waals surface area contributed by atoms with Gasteiger partial charge < -0.3 is 15.4 Å². The first-order chi connectivity index (χ1) is 10.4. The summed E-state index contributed by atoms with van der Waals surface area (Å²) in [6.07, 6.45) is 0. The van der Waals surface area contributed by atoms with Crippen molar-refractivity contribution < 1.29 is 18.3 Å². The number of aryl methyl sites for hydroxylation is 1. The summed E-state index contributed by atoms with van der Waals surface area (Å²) in [6, 6.07) is 5.67. The molecule has 7 heteroatoms. The highest BCUT2D eigenvalue weighted by atomic mass is 35.5. The summed E-state index contributed by atoms with van der Waals surface area (Å²) in [6.45, 7) is 1.78. The van der Waals surface area contributed by atoms with Crippen molar-refractivity contribution in [2.75, 3.05) is 17.7 Å². The molecule has 22 heavy (non-hydrogen) atoms. The Hall–Kier alpha value is -2.34. The molecule has 2 aromatic carbocycles. The zero-order valence-electron chi connectivity index (χ0n) is 11.8. The van der Waals surface area contributed by atoms with E-state index in [2.05, 4.69) is 10.6 Å². The predicted octanol–water partition coefficient (Wildman–Crippen LogP) is 4.58. The van der Waals surface area contributed by atoms with Crippen molar-refractivity contribution in [1.82, 2.24) is 0 Å². The van der Waals surface area contributed by atoms with Crippen molar-refractivity contribution in [3.05, 3.63) is 52.6 Å². The van der Waals surface area contributed by atoms with Gasteiger partial charge in [0, 0.05) is 22.8 Å². The number of methoxy groups -OCH3 is 1. The molecule has 2 N–H and O–H groups in total. The fourth-order valence-electron chi connectivity index (χ4n) is 1.79. The summed E-state index contributed by atoms with van der Waals surface area (Å²) in [5.41, 5.74) is 1.29. The highest BCUT2D eigenvalue weighted by molar-refractivity contribution is 6.31. The lowest BCUT2D eigenvalue weighted by Crippen LogP contribution is -2.20. The fraction of sp³-hybridized carbons (Fsp3) is 0.133. The molecule has 0 aliphatic heterocycles. The topological polar surface area (TPSA) is 50.4 Å². The predicted molar refractivity (Wildman–Crippen MR) is 81.7 cm³/mol. The number of halogens is 3. The van der Waals surface area contributed by atoms with E-state index >= 15 is 0 Å². The van der Waals surface area contributed by atoms with Crippen molar-refractivity contribution in [2.24, 2.45) is 0 Å².